The van der Waals surface area contributed by atoms with Crippen LogP contribution >= 0.6 is 23.1 Å². The summed E-state index contributed by atoms with van der Waals surface area (Å²) in [6.07, 6.45) is 0. The van der Waals surface area contributed by atoms with E-state index in [-0.39, 0.29) is 18.1 Å². The van der Waals surface area contributed by atoms with Crippen LogP contribution in [0.4, 0.5) is 5.69 Å². The Morgan fingerprint density at radius 1 is 1.09 bits per heavy atom. The Morgan fingerprint density at radius 2 is 1.85 bits per heavy atom. The number of aryl methyl sites for hydroxylation is 1. The van der Waals surface area contributed by atoms with Crippen LogP contribution in [0.2, 0.25) is 0 Å². The molecule has 4 rings (SSSR count). The van der Waals surface area contributed by atoms with Crippen molar-refractivity contribution in [3.8, 4) is 5.69 Å². The molecule has 0 bridgehead atoms. The van der Waals surface area contributed by atoms with Gasteiger partial charge in [-0.05, 0) is 49.4 Å². The van der Waals surface area contributed by atoms with Crippen molar-refractivity contribution in [1.29, 1.82) is 0 Å². The van der Waals surface area contributed by atoms with Crippen molar-refractivity contribution in [2.75, 3.05) is 17.2 Å². The number of benzene rings is 2. The van der Waals surface area contributed by atoms with Gasteiger partial charge in [0, 0.05) is 12.2 Å². The van der Waals surface area contributed by atoms with E-state index in [9.17, 15) is 14.4 Å². The number of carbonyl (C=O) groups excluding carboxylic acids is 1. The van der Waals surface area contributed by atoms with Crippen molar-refractivity contribution in [3.05, 3.63) is 81.0 Å². The Balaban J connectivity index is 1.87. The SMILES string of the molecule is CCSc1nc2c(s1)c(=O)n(-c1ccccc1)c(=O)n2CC(=O)N(CC)c1cccc(C)c1. The number of hydrogen-bond acceptors (Lipinski definition) is 6. The Bertz CT molecular complexity index is 1420. The number of amides is 1. The minimum atomic E-state index is -0.578. The highest BCUT2D eigenvalue weighted by atomic mass is 32.2. The third-order valence-electron chi connectivity index (χ3n) is 5.17. The average molecular weight is 481 g/mol. The van der Waals surface area contributed by atoms with E-state index in [1.54, 1.807) is 29.2 Å². The second-order valence-corrected chi connectivity index (χ2v) is 9.90. The highest BCUT2D eigenvalue weighted by Gasteiger charge is 2.23. The van der Waals surface area contributed by atoms with Gasteiger partial charge in [0.15, 0.2) is 9.99 Å². The quantitative estimate of drug-likeness (QED) is 0.373. The average Bonchev–Trinajstić information content (AvgIpc) is 3.22. The molecular weight excluding hydrogens is 456 g/mol. The van der Waals surface area contributed by atoms with Gasteiger partial charge in [0.25, 0.3) is 5.56 Å². The zero-order valence-electron chi connectivity index (χ0n) is 18.6. The molecule has 0 fully saturated rings. The maximum Gasteiger partial charge on any atom is 0.337 e. The highest BCUT2D eigenvalue weighted by molar-refractivity contribution is 8.01. The van der Waals surface area contributed by atoms with Crippen LogP contribution in [-0.2, 0) is 11.3 Å². The van der Waals surface area contributed by atoms with Crippen LogP contribution in [0.15, 0.2) is 68.5 Å². The largest absolute Gasteiger partial charge is 0.337 e. The first kappa shape index (κ1) is 23.0. The summed E-state index contributed by atoms with van der Waals surface area (Å²) in [7, 11) is 0. The zero-order chi connectivity index (χ0) is 23.5. The number of para-hydroxylation sites is 1. The lowest BCUT2D eigenvalue weighted by molar-refractivity contribution is -0.119. The van der Waals surface area contributed by atoms with Gasteiger partial charge in [0.2, 0.25) is 5.91 Å². The number of rotatable bonds is 7. The molecule has 0 saturated carbocycles. The normalized spacial score (nSPS) is 11.1. The molecule has 33 heavy (non-hydrogen) atoms. The molecule has 2 aromatic heterocycles. The Morgan fingerprint density at radius 3 is 2.52 bits per heavy atom. The summed E-state index contributed by atoms with van der Waals surface area (Å²) in [6, 6.07) is 16.4. The minimum Gasteiger partial charge on any atom is -0.311 e. The van der Waals surface area contributed by atoms with Gasteiger partial charge in [-0.1, -0.05) is 49.0 Å². The van der Waals surface area contributed by atoms with Gasteiger partial charge in [-0.2, -0.15) is 0 Å². The molecule has 0 unspecified atom stereocenters. The van der Waals surface area contributed by atoms with Crippen molar-refractivity contribution in [2.45, 2.75) is 31.7 Å². The molecule has 0 aliphatic carbocycles. The van der Waals surface area contributed by atoms with E-state index in [4.69, 9.17) is 0 Å². The van der Waals surface area contributed by atoms with Crippen LogP contribution in [-0.4, -0.2) is 32.3 Å². The van der Waals surface area contributed by atoms with E-state index in [2.05, 4.69) is 4.98 Å². The fourth-order valence-electron chi connectivity index (χ4n) is 3.67. The summed E-state index contributed by atoms with van der Waals surface area (Å²) >= 11 is 2.76. The Hall–Kier alpha value is -3.17. The van der Waals surface area contributed by atoms with E-state index >= 15 is 0 Å². The number of thiazole rings is 1. The van der Waals surface area contributed by atoms with E-state index in [0.717, 1.165) is 21.6 Å². The van der Waals surface area contributed by atoms with Gasteiger partial charge in [-0.15, -0.1) is 11.3 Å². The number of anilines is 1. The van der Waals surface area contributed by atoms with Crippen molar-refractivity contribution in [1.82, 2.24) is 14.1 Å². The number of aromatic nitrogens is 3. The fraction of sp³-hybridized carbons (Fsp3) is 0.250. The van der Waals surface area contributed by atoms with Gasteiger partial charge >= 0.3 is 5.69 Å². The first-order valence-corrected chi connectivity index (χ1v) is 12.5. The van der Waals surface area contributed by atoms with Crippen LogP contribution in [0.25, 0.3) is 16.0 Å². The van der Waals surface area contributed by atoms with Crippen molar-refractivity contribution in [2.24, 2.45) is 0 Å². The lowest BCUT2D eigenvalue weighted by atomic mass is 10.2. The van der Waals surface area contributed by atoms with Gasteiger partial charge in [-0.3, -0.25) is 14.2 Å². The smallest absolute Gasteiger partial charge is 0.311 e. The number of carbonyl (C=O) groups is 1. The molecule has 0 aliphatic rings. The van der Waals surface area contributed by atoms with Gasteiger partial charge < -0.3 is 4.90 Å². The van der Waals surface area contributed by atoms with Gasteiger partial charge in [0.05, 0.1) is 5.69 Å². The molecule has 0 N–H and O–H groups in total. The third-order valence-corrected chi connectivity index (χ3v) is 7.23. The predicted octanol–water partition coefficient (Wildman–Crippen LogP) is 4.08. The number of thioether (sulfide) groups is 1. The highest BCUT2D eigenvalue weighted by Crippen LogP contribution is 2.27. The standard InChI is InChI=1S/C24H24N4O3S2/c1-4-26(18-13-9-10-16(3)14-18)19(29)15-27-21-20(33-23(25-21)32-5-2)22(30)28(24(27)31)17-11-7-6-8-12-17/h6-14H,4-5,15H2,1-3H3. The summed E-state index contributed by atoms with van der Waals surface area (Å²) < 4.78 is 3.50. The molecule has 0 radical (unpaired) electrons. The lowest BCUT2D eigenvalue weighted by Gasteiger charge is -2.22. The minimum absolute atomic E-state index is 0.218. The molecule has 9 heteroatoms. The van der Waals surface area contributed by atoms with Crippen LogP contribution in [0, 0.1) is 6.92 Å². The number of likely N-dealkylation sites (N-methyl/N-ethyl adjacent to an activating group) is 1. The van der Waals surface area contributed by atoms with Crippen LogP contribution in [0.1, 0.15) is 19.4 Å². The molecule has 2 heterocycles. The number of hydrogen-bond donors (Lipinski definition) is 0. The summed E-state index contributed by atoms with van der Waals surface area (Å²) in [6.45, 7) is 6.09. The molecule has 0 saturated heterocycles. The maximum atomic E-state index is 13.5. The number of fused-ring (bicyclic) bond motifs is 1. The van der Waals surface area contributed by atoms with Crippen LogP contribution in [0.5, 0.6) is 0 Å². The Labute approximate surface area is 199 Å². The molecule has 0 aliphatic heterocycles. The molecule has 1 amide bonds. The summed E-state index contributed by atoms with van der Waals surface area (Å²) in [5.41, 5.74) is 1.52. The molecular formula is C24H24N4O3S2. The first-order chi connectivity index (χ1) is 15.9. The third kappa shape index (κ3) is 4.51. The van der Waals surface area contributed by atoms with Crippen molar-refractivity contribution >= 4 is 45.0 Å². The second kappa shape index (κ2) is 9.76. The van der Waals surface area contributed by atoms with Crippen LogP contribution < -0.4 is 16.1 Å². The van der Waals surface area contributed by atoms with E-state index in [1.165, 1.54) is 27.7 Å². The topological polar surface area (TPSA) is 77.2 Å². The van der Waals surface area contributed by atoms with Crippen LogP contribution in [0.3, 0.4) is 0 Å². The van der Waals surface area contributed by atoms with E-state index < -0.39 is 11.2 Å². The fourth-order valence-corrected chi connectivity index (χ4v) is 5.64. The summed E-state index contributed by atoms with van der Waals surface area (Å²) in [5, 5.41) is 0. The lowest BCUT2D eigenvalue weighted by Crippen LogP contribution is -2.42. The second-order valence-electron chi connectivity index (χ2n) is 7.39. The molecule has 7 nitrogen and oxygen atoms in total. The van der Waals surface area contributed by atoms with Gasteiger partial charge in [-0.25, -0.2) is 14.3 Å². The molecule has 170 valence electrons. The molecule has 0 spiro atoms. The van der Waals surface area contributed by atoms with Crippen molar-refractivity contribution < 1.29 is 4.79 Å². The van der Waals surface area contributed by atoms with E-state index in [1.807, 2.05) is 51.1 Å². The predicted molar refractivity (Wildman–Crippen MR) is 135 cm³/mol. The first-order valence-electron chi connectivity index (χ1n) is 10.7. The Kier molecular flexibility index (Phi) is 6.80. The molecule has 2 aromatic carbocycles. The van der Waals surface area contributed by atoms with E-state index in [0.29, 0.717) is 21.3 Å². The zero-order valence-corrected chi connectivity index (χ0v) is 20.3. The monoisotopic (exact) mass is 480 g/mol. The van der Waals surface area contributed by atoms with Gasteiger partial charge in [0.1, 0.15) is 11.2 Å². The summed E-state index contributed by atoms with van der Waals surface area (Å²) in [4.78, 5) is 46.3. The molecule has 0 atom stereocenters. The summed E-state index contributed by atoms with van der Waals surface area (Å²) in [5.74, 6) is 0.537. The number of nitrogens with zero attached hydrogens (tertiary/aromatic N) is 4. The maximum absolute atomic E-state index is 13.5. The molecule has 4 aromatic rings. The van der Waals surface area contributed by atoms with Crippen molar-refractivity contribution in [3.63, 3.8) is 0 Å².